The molecule has 0 amide bonds. The van der Waals surface area contributed by atoms with E-state index in [4.69, 9.17) is 4.52 Å². The molecule has 1 aliphatic heterocycles. The summed E-state index contributed by atoms with van der Waals surface area (Å²) in [5.74, 6) is 2.76. The monoisotopic (exact) mass is 254 g/mol. The molecular weight excluding hydrogens is 244 g/mol. The topological polar surface area (TPSA) is 59.2 Å². The smallest absolute Gasteiger partial charge is 0.233 e. The molecule has 2 aromatic rings. The number of rotatable bonds is 2. The quantitative estimate of drug-likeness (QED) is 0.888. The molecule has 0 radical (unpaired) electrons. The lowest BCUT2D eigenvalue weighted by molar-refractivity contribution is 0.164. The molecule has 1 aliphatic rings. The summed E-state index contributed by atoms with van der Waals surface area (Å²) in [6.07, 6.45) is -0.360. The fraction of sp³-hybridized carbons (Fsp3) is 0.400. The Kier molecular flexibility index (Phi) is 2.70. The number of nitrogens with zero attached hydrogens (tertiary/aromatic N) is 2. The molecule has 4 nitrogen and oxygen atoms in total. The lowest BCUT2D eigenvalue weighted by Gasteiger charge is -2.06. The molecular formula is C10H10N2O2S2. The van der Waals surface area contributed by atoms with Crippen molar-refractivity contribution in [2.45, 2.75) is 12.0 Å². The zero-order valence-electron chi connectivity index (χ0n) is 8.37. The molecule has 0 bridgehead atoms. The Balaban J connectivity index is 1.88. The van der Waals surface area contributed by atoms with Gasteiger partial charge in [0, 0.05) is 22.4 Å². The fourth-order valence-corrected chi connectivity index (χ4v) is 3.54. The molecule has 2 aromatic heterocycles. The first-order valence-corrected chi connectivity index (χ1v) is 7.06. The maximum atomic E-state index is 9.74. The highest BCUT2D eigenvalue weighted by atomic mass is 32.2. The maximum absolute atomic E-state index is 9.74. The standard InChI is InChI=1S/C10H10N2O2S2/c13-8-5-16-4-7(8)10-11-9(12-14-10)6-1-2-15-3-6/h1-3,7-8,13H,4-5H2. The molecule has 0 aliphatic carbocycles. The summed E-state index contributed by atoms with van der Waals surface area (Å²) < 4.78 is 5.21. The molecule has 1 fully saturated rings. The Morgan fingerprint density at radius 1 is 1.44 bits per heavy atom. The SMILES string of the molecule is OC1CSCC1c1nc(-c2ccsc2)no1. The van der Waals surface area contributed by atoms with Crippen molar-refractivity contribution < 1.29 is 9.63 Å². The zero-order chi connectivity index (χ0) is 11.0. The highest BCUT2D eigenvalue weighted by Gasteiger charge is 2.32. The third kappa shape index (κ3) is 1.77. The second kappa shape index (κ2) is 4.20. The first-order valence-electron chi connectivity index (χ1n) is 4.96. The van der Waals surface area contributed by atoms with Crippen LogP contribution >= 0.6 is 23.1 Å². The van der Waals surface area contributed by atoms with Crippen LogP contribution in [-0.2, 0) is 0 Å². The van der Waals surface area contributed by atoms with Crippen LogP contribution in [0.4, 0.5) is 0 Å². The largest absolute Gasteiger partial charge is 0.391 e. The Labute approximate surface area is 101 Å². The Morgan fingerprint density at radius 3 is 3.06 bits per heavy atom. The summed E-state index contributed by atoms with van der Waals surface area (Å²) in [6.45, 7) is 0. The van der Waals surface area contributed by atoms with Gasteiger partial charge in [0.15, 0.2) is 0 Å². The Bertz CT molecular complexity index is 469. The summed E-state index contributed by atoms with van der Waals surface area (Å²) in [5, 5.41) is 17.6. The molecule has 1 saturated heterocycles. The minimum Gasteiger partial charge on any atom is -0.391 e. The molecule has 3 heterocycles. The van der Waals surface area contributed by atoms with Gasteiger partial charge >= 0.3 is 0 Å². The third-order valence-electron chi connectivity index (χ3n) is 2.59. The highest BCUT2D eigenvalue weighted by Crippen LogP contribution is 2.32. The van der Waals surface area contributed by atoms with Gasteiger partial charge < -0.3 is 9.63 Å². The van der Waals surface area contributed by atoms with Crippen LogP contribution in [0.3, 0.4) is 0 Å². The summed E-state index contributed by atoms with van der Waals surface area (Å²) in [5.41, 5.74) is 0.972. The zero-order valence-corrected chi connectivity index (χ0v) is 10.0. The van der Waals surface area contributed by atoms with E-state index >= 15 is 0 Å². The number of hydrogen-bond donors (Lipinski definition) is 1. The van der Waals surface area contributed by atoms with Crippen molar-refractivity contribution in [3.63, 3.8) is 0 Å². The van der Waals surface area contributed by atoms with Gasteiger partial charge in [-0.3, -0.25) is 0 Å². The average molecular weight is 254 g/mol. The van der Waals surface area contributed by atoms with E-state index < -0.39 is 0 Å². The first-order chi connectivity index (χ1) is 7.84. The van der Waals surface area contributed by atoms with Gasteiger partial charge in [-0.15, -0.1) is 0 Å². The minimum absolute atomic E-state index is 0.00937. The summed E-state index contributed by atoms with van der Waals surface area (Å²) >= 11 is 3.32. The van der Waals surface area contributed by atoms with Gasteiger partial charge in [0.2, 0.25) is 11.7 Å². The second-order valence-corrected chi connectivity index (χ2v) is 5.53. The Morgan fingerprint density at radius 2 is 2.38 bits per heavy atom. The van der Waals surface area contributed by atoms with Gasteiger partial charge in [-0.05, 0) is 11.4 Å². The summed E-state index contributed by atoms with van der Waals surface area (Å²) in [7, 11) is 0. The lowest BCUT2D eigenvalue weighted by Crippen LogP contribution is -2.15. The normalized spacial score (nSPS) is 25.1. The fourth-order valence-electron chi connectivity index (χ4n) is 1.67. The lowest BCUT2D eigenvalue weighted by atomic mass is 10.1. The summed E-state index contributed by atoms with van der Waals surface area (Å²) in [4.78, 5) is 4.34. The van der Waals surface area contributed by atoms with Gasteiger partial charge in [0.25, 0.3) is 0 Å². The number of aromatic nitrogens is 2. The van der Waals surface area contributed by atoms with Crippen molar-refractivity contribution in [3.8, 4) is 11.4 Å². The maximum Gasteiger partial charge on any atom is 0.233 e. The molecule has 2 atom stereocenters. The van der Waals surface area contributed by atoms with E-state index in [-0.39, 0.29) is 12.0 Å². The average Bonchev–Trinajstić information content (AvgIpc) is 2.96. The number of aliphatic hydroxyl groups excluding tert-OH is 1. The van der Waals surface area contributed by atoms with E-state index in [0.717, 1.165) is 17.1 Å². The molecule has 84 valence electrons. The number of aliphatic hydroxyl groups is 1. The van der Waals surface area contributed by atoms with E-state index in [1.54, 1.807) is 23.1 Å². The van der Waals surface area contributed by atoms with Gasteiger partial charge in [0.05, 0.1) is 12.0 Å². The van der Waals surface area contributed by atoms with E-state index in [1.165, 1.54) is 0 Å². The van der Waals surface area contributed by atoms with Gasteiger partial charge in [-0.25, -0.2) is 0 Å². The molecule has 16 heavy (non-hydrogen) atoms. The van der Waals surface area contributed by atoms with Crippen LogP contribution in [0.5, 0.6) is 0 Å². The van der Waals surface area contributed by atoms with Crippen LogP contribution in [0, 0.1) is 0 Å². The number of hydrogen-bond acceptors (Lipinski definition) is 6. The third-order valence-corrected chi connectivity index (χ3v) is 4.44. The van der Waals surface area contributed by atoms with Crippen LogP contribution in [0.15, 0.2) is 21.3 Å². The number of thioether (sulfide) groups is 1. The molecule has 2 unspecified atom stereocenters. The van der Waals surface area contributed by atoms with Crippen LogP contribution in [-0.4, -0.2) is 32.9 Å². The van der Waals surface area contributed by atoms with E-state index in [9.17, 15) is 5.11 Å². The van der Waals surface area contributed by atoms with Gasteiger partial charge in [-0.1, -0.05) is 5.16 Å². The molecule has 3 rings (SSSR count). The van der Waals surface area contributed by atoms with Crippen molar-refractivity contribution in [1.82, 2.24) is 10.1 Å². The predicted octanol–water partition coefficient (Wildman–Crippen LogP) is 1.99. The van der Waals surface area contributed by atoms with Crippen LogP contribution in [0.1, 0.15) is 11.8 Å². The van der Waals surface area contributed by atoms with E-state index in [2.05, 4.69) is 10.1 Å². The first kappa shape index (κ1) is 10.3. The van der Waals surface area contributed by atoms with Crippen LogP contribution in [0.2, 0.25) is 0 Å². The molecule has 0 aromatic carbocycles. The molecule has 0 spiro atoms. The molecule has 0 saturated carbocycles. The van der Waals surface area contributed by atoms with E-state index in [0.29, 0.717) is 11.7 Å². The molecule has 1 N–H and O–H groups in total. The second-order valence-electron chi connectivity index (χ2n) is 3.68. The minimum atomic E-state index is -0.360. The van der Waals surface area contributed by atoms with Crippen molar-refractivity contribution in [3.05, 3.63) is 22.7 Å². The van der Waals surface area contributed by atoms with Crippen molar-refractivity contribution in [1.29, 1.82) is 0 Å². The van der Waals surface area contributed by atoms with Crippen molar-refractivity contribution >= 4 is 23.1 Å². The van der Waals surface area contributed by atoms with Gasteiger partial charge in [-0.2, -0.15) is 28.1 Å². The van der Waals surface area contributed by atoms with Crippen molar-refractivity contribution in [2.75, 3.05) is 11.5 Å². The highest BCUT2D eigenvalue weighted by molar-refractivity contribution is 7.99. The predicted molar refractivity (Wildman–Crippen MR) is 63.7 cm³/mol. The van der Waals surface area contributed by atoms with Crippen molar-refractivity contribution in [2.24, 2.45) is 0 Å². The van der Waals surface area contributed by atoms with E-state index in [1.807, 2.05) is 16.8 Å². The number of thiophene rings is 1. The van der Waals surface area contributed by atoms with Gasteiger partial charge in [0.1, 0.15) is 0 Å². The summed E-state index contributed by atoms with van der Waals surface area (Å²) in [6, 6.07) is 1.96. The Hall–Kier alpha value is -0.850. The molecule has 6 heteroatoms. The van der Waals surface area contributed by atoms with Crippen LogP contribution < -0.4 is 0 Å². The van der Waals surface area contributed by atoms with Crippen LogP contribution in [0.25, 0.3) is 11.4 Å².